The molecular formula is C14H30N2O. The molecule has 102 valence electrons. The summed E-state index contributed by atoms with van der Waals surface area (Å²) in [6, 6.07) is 0.632. The van der Waals surface area contributed by atoms with Gasteiger partial charge in [0.1, 0.15) is 0 Å². The van der Waals surface area contributed by atoms with E-state index in [2.05, 4.69) is 13.8 Å². The highest BCUT2D eigenvalue weighted by atomic mass is 16.2. The molecular weight excluding hydrogens is 212 g/mol. The van der Waals surface area contributed by atoms with Crippen LogP contribution in [0.5, 0.6) is 0 Å². The number of carbonyl (C=O) groups excluding carboxylic acids is 1. The van der Waals surface area contributed by atoms with E-state index in [1.54, 1.807) is 0 Å². The van der Waals surface area contributed by atoms with Gasteiger partial charge in [0.15, 0.2) is 0 Å². The minimum Gasteiger partial charge on any atom is -0.343 e. The number of amides is 1. The first-order valence-electron chi connectivity index (χ1n) is 6.96. The lowest BCUT2D eigenvalue weighted by molar-refractivity contribution is -0.136. The standard InChI is InChI=1S/C14H30N2O/c1-6-13(7-2)16(5)14(17)11(3)9-8-10-12(4)15/h11-13H,6-10,15H2,1-5H3. The predicted octanol–water partition coefficient (Wildman–Crippen LogP) is 2.79. The maximum atomic E-state index is 12.2. The molecule has 0 spiro atoms. The van der Waals surface area contributed by atoms with Gasteiger partial charge in [0.05, 0.1) is 0 Å². The lowest BCUT2D eigenvalue weighted by Gasteiger charge is -2.29. The Kier molecular flexibility index (Phi) is 8.23. The van der Waals surface area contributed by atoms with Gasteiger partial charge in [-0.15, -0.1) is 0 Å². The Morgan fingerprint density at radius 1 is 1.18 bits per heavy atom. The summed E-state index contributed by atoms with van der Waals surface area (Å²) in [7, 11) is 1.93. The van der Waals surface area contributed by atoms with Gasteiger partial charge >= 0.3 is 0 Å². The Morgan fingerprint density at radius 2 is 1.71 bits per heavy atom. The number of nitrogens with two attached hydrogens (primary N) is 1. The van der Waals surface area contributed by atoms with Crippen LogP contribution in [-0.4, -0.2) is 29.9 Å². The van der Waals surface area contributed by atoms with Gasteiger partial charge in [-0.2, -0.15) is 0 Å². The highest BCUT2D eigenvalue weighted by molar-refractivity contribution is 5.78. The molecule has 0 heterocycles. The molecule has 3 nitrogen and oxygen atoms in total. The van der Waals surface area contributed by atoms with Gasteiger partial charge in [-0.1, -0.05) is 27.2 Å². The number of carbonyl (C=O) groups is 1. The minimum absolute atomic E-state index is 0.124. The van der Waals surface area contributed by atoms with Crippen molar-refractivity contribution >= 4 is 5.91 Å². The number of hydrogen-bond acceptors (Lipinski definition) is 2. The molecule has 0 saturated heterocycles. The molecule has 0 aliphatic heterocycles. The first-order valence-corrected chi connectivity index (χ1v) is 6.96. The molecule has 0 aromatic rings. The van der Waals surface area contributed by atoms with Gasteiger partial charge in [-0.25, -0.2) is 0 Å². The molecule has 0 aromatic heterocycles. The molecule has 2 unspecified atom stereocenters. The summed E-state index contributed by atoms with van der Waals surface area (Å²) in [6.45, 7) is 8.32. The summed E-state index contributed by atoms with van der Waals surface area (Å²) in [5.41, 5.74) is 5.71. The molecule has 1 amide bonds. The summed E-state index contributed by atoms with van der Waals surface area (Å²) in [5.74, 6) is 0.405. The molecule has 0 aliphatic rings. The van der Waals surface area contributed by atoms with E-state index in [9.17, 15) is 4.79 Å². The molecule has 2 N–H and O–H groups in total. The molecule has 0 rings (SSSR count). The van der Waals surface area contributed by atoms with Crippen LogP contribution in [0.2, 0.25) is 0 Å². The fraction of sp³-hybridized carbons (Fsp3) is 0.929. The van der Waals surface area contributed by atoms with Crippen LogP contribution < -0.4 is 5.73 Å². The summed E-state index contributed by atoms with van der Waals surface area (Å²) < 4.78 is 0. The molecule has 2 atom stereocenters. The highest BCUT2D eigenvalue weighted by Crippen LogP contribution is 2.15. The van der Waals surface area contributed by atoms with E-state index in [0.29, 0.717) is 6.04 Å². The Hall–Kier alpha value is -0.570. The van der Waals surface area contributed by atoms with Crippen LogP contribution >= 0.6 is 0 Å². The summed E-state index contributed by atoms with van der Waals surface area (Å²) in [4.78, 5) is 14.1. The number of rotatable bonds is 8. The van der Waals surface area contributed by atoms with E-state index in [1.165, 1.54) is 0 Å². The zero-order valence-corrected chi connectivity index (χ0v) is 12.2. The van der Waals surface area contributed by atoms with Crippen LogP contribution in [0.4, 0.5) is 0 Å². The summed E-state index contributed by atoms with van der Waals surface area (Å²) in [6.07, 6.45) is 5.06. The molecule has 0 fully saturated rings. The van der Waals surface area contributed by atoms with Crippen molar-refractivity contribution in [3.8, 4) is 0 Å². The Morgan fingerprint density at radius 3 is 2.12 bits per heavy atom. The highest BCUT2D eigenvalue weighted by Gasteiger charge is 2.21. The first-order chi connectivity index (χ1) is 7.93. The molecule has 3 heteroatoms. The number of hydrogen-bond donors (Lipinski definition) is 1. The SMILES string of the molecule is CCC(CC)N(C)C(=O)C(C)CCCC(C)N. The second-order valence-corrected chi connectivity index (χ2v) is 5.23. The van der Waals surface area contributed by atoms with Crippen LogP contribution in [0.3, 0.4) is 0 Å². The average Bonchev–Trinajstić information content (AvgIpc) is 2.28. The third-order valence-corrected chi connectivity index (χ3v) is 3.56. The van der Waals surface area contributed by atoms with E-state index in [4.69, 9.17) is 5.73 Å². The summed E-state index contributed by atoms with van der Waals surface area (Å²) in [5, 5.41) is 0. The zero-order valence-electron chi connectivity index (χ0n) is 12.2. The zero-order chi connectivity index (χ0) is 13.4. The minimum atomic E-state index is 0.124. The van der Waals surface area contributed by atoms with Gasteiger partial charge in [-0.3, -0.25) is 4.79 Å². The first kappa shape index (κ1) is 16.4. The van der Waals surface area contributed by atoms with Gasteiger partial charge in [-0.05, 0) is 32.6 Å². The summed E-state index contributed by atoms with van der Waals surface area (Å²) >= 11 is 0. The van der Waals surface area contributed by atoms with Gasteiger partial charge in [0.25, 0.3) is 0 Å². The molecule has 0 radical (unpaired) electrons. The lowest BCUT2D eigenvalue weighted by Crippen LogP contribution is -2.39. The fourth-order valence-corrected chi connectivity index (χ4v) is 2.23. The van der Waals surface area contributed by atoms with Gasteiger partial charge in [0.2, 0.25) is 5.91 Å². The van der Waals surface area contributed by atoms with Crippen molar-refractivity contribution < 1.29 is 4.79 Å². The largest absolute Gasteiger partial charge is 0.343 e. The maximum Gasteiger partial charge on any atom is 0.225 e. The van der Waals surface area contributed by atoms with Crippen LogP contribution in [-0.2, 0) is 4.79 Å². The monoisotopic (exact) mass is 242 g/mol. The molecule has 0 aromatic carbocycles. The van der Waals surface area contributed by atoms with Crippen LogP contribution in [0, 0.1) is 5.92 Å². The molecule has 0 saturated carbocycles. The van der Waals surface area contributed by atoms with Crippen molar-refractivity contribution in [3.63, 3.8) is 0 Å². The topological polar surface area (TPSA) is 46.3 Å². The Balaban J connectivity index is 4.10. The maximum absolute atomic E-state index is 12.2. The van der Waals surface area contributed by atoms with Crippen molar-refractivity contribution in [2.24, 2.45) is 11.7 Å². The van der Waals surface area contributed by atoms with Crippen molar-refractivity contribution in [3.05, 3.63) is 0 Å². The van der Waals surface area contributed by atoms with E-state index in [-0.39, 0.29) is 17.9 Å². The van der Waals surface area contributed by atoms with Gasteiger partial charge in [0, 0.05) is 25.0 Å². The van der Waals surface area contributed by atoms with E-state index in [0.717, 1.165) is 32.1 Å². The average molecular weight is 242 g/mol. The van der Waals surface area contributed by atoms with E-state index >= 15 is 0 Å². The fourth-order valence-electron chi connectivity index (χ4n) is 2.23. The Bertz CT molecular complexity index is 212. The van der Waals surface area contributed by atoms with Crippen LogP contribution in [0.1, 0.15) is 59.8 Å². The second kappa shape index (κ2) is 8.51. The Labute approximate surface area is 107 Å². The van der Waals surface area contributed by atoms with Crippen molar-refractivity contribution in [1.82, 2.24) is 4.90 Å². The molecule has 0 aliphatic carbocycles. The van der Waals surface area contributed by atoms with E-state index < -0.39 is 0 Å². The third-order valence-electron chi connectivity index (χ3n) is 3.56. The lowest BCUT2D eigenvalue weighted by atomic mass is 9.99. The van der Waals surface area contributed by atoms with Crippen molar-refractivity contribution in [2.75, 3.05) is 7.05 Å². The number of nitrogens with zero attached hydrogens (tertiary/aromatic N) is 1. The van der Waals surface area contributed by atoms with Crippen LogP contribution in [0.25, 0.3) is 0 Å². The van der Waals surface area contributed by atoms with Crippen LogP contribution in [0.15, 0.2) is 0 Å². The predicted molar refractivity (Wildman–Crippen MR) is 73.8 cm³/mol. The third kappa shape index (κ3) is 6.06. The van der Waals surface area contributed by atoms with Gasteiger partial charge < -0.3 is 10.6 Å². The van der Waals surface area contributed by atoms with Crippen molar-refractivity contribution in [2.45, 2.75) is 71.9 Å². The quantitative estimate of drug-likeness (QED) is 0.711. The van der Waals surface area contributed by atoms with E-state index in [1.807, 2.05) is 25.8 Å². The van der Waals surface area contributed by atoms with Crippen molar-refractivity contribution in [1.29, 1.82) is 0 Å². The molecule has 17 heavy (non-hydrogen) atoms. The second-order valence-electron chi connectivity index (χ2n) is 5.23. The molecule has 0 bridgehead atoms. The normalized spacial score (nSPS) is 14.8. The smallest absolute Gasteiger partial charge is 0.225 e.